The zero-order valence-corrected chi connectivity index (χ0v) is 12.9. The fourth-order valence-electron chi connectivity index (χ4n) is 2.60. The molecular formula is C16H25N3O. The van der Waals surface area contributed by atoms with E-state index in [-0.39, 0.29) is 18.1 Å². The van der Waals surface area contributed by atoms with Crippen LogP contribution in [0.4, 0.5) is 0 Å². The number of amides is 1. The van der Waals surface area contributed by atoms with Crippen LogP contribution in [0.1, 0.15) is 31.1 Å². The van der Waals surface area contributed by atoms with E-state index in [0.29, 0.717) is 0 Å². The second kappa shape index (κ2) is 6.37. The van der Waals surface area contributed by atoms with Gasteiger partial charge in [0.15, 0.2) is 0 Å². The number of hydrogen-bond donors (Lipinski definition) is 1. The first-order chi connectivity index (χ1) is 9.54. The summed E-state index contributed by atoms with van der Waals surface area (Å²) in [6.07, 6.45) is 0.00366. The molecular weight excluding hydrogens is 250 g/mol. The highest BCUT2D eigenvalue weighted by atomic mass is 16.2. The van der Waals surface area contributed by atoms with E-state index >= 15 is 0 Å². The number of carbonyl (C=O) groups is 1. The molecule has 4 heteroatoms. The normalized spacial score (nSPS) is 22.9. The minimum absolute atomic E-state index is 0.00366. The van der Waals surface area contributed by atoms with E-state index in [4.69, 9.17) is 0 Å². The highest BCUT2D eigenvalue weighted by molar-refractivity contribution is 5.84. The van der Waals surface area contributed by atoms with Crippen LogP contribution in [0.25, 0.3) is 0 Å². The molecule has 0 bridgehead atoms. The molecule has 1 aromatic rings. The van der Waals surface area contributed by atoms with Gasteiger partial charge in [-0.3, -0.25) is 10.1 Å². The van der Waals surface area contributed by atoms with Crippen molar-refractivity contribution in [3.8, 4) is 0 Å². The number of hydrogen-bond acceptors (Lipinski definition) is 3. The smallest absolute Gasteiger partial charge is 0.241 e. The maximum Gasteiger partial charge on any atom is 0.241 e. The average Bonchev–Trinajstić information content (AvgIpc) is 2.72. The molecule has 1 saturated heterocycles. The van der Waals surface area contributed by atoms with E-state index in [1.807, 2.05) is 24.0 Å². The maximum atomic E-state index is 12.3. The lowest BCUT2D eigenvalue weighted by Crippen LogP contribution is -2.37. The van der Waals surface area contributed by atoms with Crippen molar-refractivity contribution in [1.82, 2.24) is 15.1 Å². The van der Waals surface area contributed by atoms with E-state index in [1.54, 1.807) is 0 Å². The standard InChI is InChI=1S/C16H25N3O/c1-5-18(4)10-11-19-15(17-13(3)16(19)20)14-9-7-6-8-12(14)2/h6-9,13,15,17H,5,10-11H2,1-4H3. The molecule has 1 heterocycles. The Labute approximate surface area is 121 Å². The predicted molar refractivity (Wildman–Crippen MR) is 81.4 cm³/mol. The van der Waals surface area contributed by atoms with Gasteiger partial charge in [0.25, 0.3) is 0 Å². The monoisotopic (exact) mass is 275 g/mol. The summed E-state index contributed by atoms with van der Waals surface area (Å²) >= 11 is 0. The number of rotatable bonds is 5. The summed E-state index contributed by atoms with van der Waals surface area (Å²) in [5.41, 5.74) is 2.42. The van der Waals surface area contributed by atoms with Gasteiger partial charge < -0.3 is 9.80 Å². The lowest BCUT2D eigenvalue weighted by atomic mass is 10.1. The zero-order valence-electron chi connectivity index (χ0n) is 12.9. The van der Waals surface area contributed by atoms with E-state index in [1.165, 1.54) is 11.1 Å². The Morgan fingerprint density at radius 2 is 2.05 bits per heavy atom. The molecule has 20 heavy (non-hydrogen) atoms. The molecule has 4 nitrogen and oxygen atoms in total. The SMILES string of the molecule is CCN(C)CCN1C(=O)C(C)NC1c1ccccc1C. The number of nitrogens with one attached hydrogen (secondary N) is 1. The Morgan fingerprint density at radius 1 is 1.35 bits per heavy atom. The molecule has 110 valence electrons. The van der Waals surface area contributed by atoms with Crippen molar-refractivity contribution in [3.63, 3.8) is 0 Å². The molecule has 2 atom stereocenters. The van der Waals surface area contributed by atoms with Gasteiger partial charge >= 0.3 is 0 Å². The zero-order chi connectivity index (χ0) is 14.7. The number of carbonyl (C=O) groups excluding carboxylic acids is 1. The molecule has 2 rings (SSSR count). The van der Waals surface area contributed by atoms with Gasteiger partial charge in [0, 0.05) is 13.1 Å². The van der Waals surface area contributed by atoms with Crippen LogP contribution < -0.4 is 5.32 Å². The summed E-state index contributed by atoms with van der Waals surface area (Å²) in [4.78, 5) is 16.5. The molecule has 1 aliphatic heterocycles. The van der Waals surface area contributed by atoms with Crippen molar-refractivity contribution in [2.45, 2.75) is 33.0 Å². The van der Waals surface area contributed by atoms with Crippen LogP contribution in [0.5, 0.6) is 0 Å². The first kappa shape index (κ1) is 15.0. The fraction of sp³-hybridized carbons (Fsp3) is 0.562. The van der Waals surface area contributed by atoms with Crippen LogP contribution >= 0.6 is 0 Å². The van der Waals surface area contributed by atoms with Gasteiger partial charge in [-0.05, 0) is 38.6 Å². The quantitative estimate of drug-likeness (QED) is 0.889. The van der Waals surface area contributed by atoms with Crippen molar-refractivity contribution in [2.24, 2.45) is 0 Å². The third kappa shape index (κ3) is 3.02. The molecule has 1 fully saturated rings. The fourth-order valence-corrected chi connectivity index (χ4v) is 2.60. The highest BCUT2D eigenvalue weighted by Gasteiger charge is 2.37. The first-order valence-corrected chi connectivity index (χ1v) is 7.35. The molecule has 1 amide bonds. The Kier molecular flexibility index (Phi) is 4.78. The summed E-state index contributed by atoms with van der Waals surface area (Å²) in [7, 11) is 2.08. The average molecular weight is 275 g/mol. The highest BCUT2D eigenvalue weighted by Crippen LogP contribution is 2.27. The van der Waals surface area contributed by atoms with E-state index in [2.05, 4.69) is 43.2 Å². The van der Waals surface area contributed by atoms with E-state index < -0.39 is 0 Å². The Morgan fingerprint density at radius 3 is 2.70 bits per heavy atom. The minimum Gasteiger partial charge on any atom is -0.320 e. The molecule has 0 spiro atoms. The van der Waals surface area contributed by atoms with Gasteiger partial charge in [-0.15, -0.1) is 0 Å². The lowest BCUT2D eigenvalue weighted by molar-refractivity contribution is -0.130. The van der Waals surface area contributed by atoms with Crippen LogP contribution in [0.3, 0.4) is 0 Å². The third-order valence-electron chi connectivity index (χ3n) is 4.12. The number of nitrogens with zero attached hydrogens (tertiary/aromatic N) is 2. The van der Waals surface area contributed by atoms with Crippen molar-refractivity contribution in [3.05, 3.63) is 35.4 Å². The molecule has 1 aromatic carbocycles. The second-order valence-electron chi connectivity index (χ2n) is 5.58. The van der Waals surface area contributed by atoms with Gasteiger partial charge in [0.2, 0.25) is 5.91 Å². The number of likely N-dealkylation sites (N-methyl/N-ethyl adjacent to an activating group) is 1. The number of benzene rings is 1. The summed E-state index contributed by atoms with van der Waals surface area (Å²) in [5, 5.41) is 3.41. The van der Waals surface area contributed by atoms with Gasteiger partial charge in [0.05, 0.1) is 6.04 Å². The summed E-state index contributed by atoms with van der Waals surface area (Å²) in [6.45, 7) is 8.84. The Balaban J connectivity index is 2.18. The summed E-state index contributed by atoms with van der Waals surface area (Å²) < 4.78 is 0. The molecule has 1 aliphatic rings. The molecule has 0 aromatic heterocycles. The maximum absolute atomic E-state index is 12.3. The van der Waals surface area contributed by atoms with Crippen LogP contribution in [0, 0.1) is 6.92 Å². The first-order valence-electron chi connectivity index (χ1n) is 7.35. The molecule has 0 radical (unpaired) electrons. The van der Waals surface area contributed by atoms with Crippen molar-refractivity contribution in [2.75, 3.05) is 26.7 Å². The van der Waals surface area contributed by atoms with E-state index in [9.17, 15) is 4.79 Å². The molecule has 1 N–H and O–H groups in total. The summed E-state index contributed by atoms with van der Waals surface area (Å²) in [6, 6.07) is 8.17. The van der Waals surface area contributed by atoms with Crippen LogP contribution in [0.15, 0.2) is 24.3 Å². The summed E-state index contributed by atoms with van der Waals surface area (Å²) in [5.74, 6) is 0.197. The van der Waals surface area contributed by atoms with Crippen molar-refractivity contribution < 1.29 is 4.79 Å². The molecule has 2 unspecified atom stereocenters. The number of aryl methyl sites for hydroxylation is 1. The predicted octanol–water partition coefficient (Wildman–Crippen LogP) is 1.77. The lowest BCUT2D eigenvalue weighted by Gasteiger charge is -2.27. The largest absolute Gasteiger partial charge is 0.320 e. The van der Waals surface area contributed by atoms with Crippen LogP contribution in [-0.4, -0.2) is 48.4 Å². The minimum atomic E-state index is -0.105. The van der Waals surface area contributed by atoms with Crippen molar-refractivity contribution >= 4 is 5.91 Å². The van der Waals surface area contributed by atoms with Crippen molar-refractivity contribution in [1.29, 1.82) is 0 Å². The topological polar surface area (TPSA) is 35.6 Å². The van der Waals surface area contributed by atoms with Gasteiger partial charge in [-0.1, -0.05) is 31.2 Å². The molecule has 0 aliphatic carbocycles. The van der Waals surface area contributed by atoms with Crippen LogP contribution in [-0.2, 0) is 4.79 Å². The molecule has 0 saturated carbocycles. The second-order valence-corrected chi connectivity index (χ2v) is 5.58. The Hall–Kier alpha value is -1.39. The Bertz CT molecular complexity index is 475. The van der Waals surface area contributed by atoms with Gasteiger partial charge in [0.1, 0.15) is 6.17 Å². The third-order valence-corrected chi connectivity index (χ3v) is 4.12. The van der Waals surface area contributed by atoms with Gasteiger partial charge in [-0.25, -0.2) is 0 Å². The van der Waals surface area contributed by atoms with Gasteiger partial charge in [-0.2, -0.15) is 0 Å². The van der Waals surface area contributed by atoms with Crippen LogP contribution in [0.2, 0.25) is 0 Å². The van der Waals surface area contributed by atoms with E-state index in [0.717, 1.165) is 19.6 Å².